The molecule has 0 bridgehead atoms. The van der Waals surface area contributed by atoms with Gasteiger partial charge in [0.1, 0.15) is 0 Å². The Bertz CT molecular complexity index is 424. The van der Waals surface area contributed by atoms with Crippen molar-refractivity contribution in [3.05, 3.63) is 29.0 Å². The molecule has 0 aromatic carbocycles. The van der Waals surface area contributed by atoms with Gasteiger partial charge in [0, 0.05) is 43.6 Å². The number of rotatable bonds is 4. The van der Waals surface area contributed by atoms with Crippen LogP contribution in [0.4, 0.5) is 0 Å². The second-order valence-electron chi connectivity index (χ2n) is 5.68. The molecule has 0 spiro atoms. The first-order chi connectivity index (χ1) is 9.09. The fourth-order valence-corrected chi connectivity index (χ4v) is 2.82. The van der Waals surface area contributed by atoms with Crippen LogP contribution in [0.1, 0.15) is 39.2 Å². The summed E-state index contributed by atoms with van der Waals surface area (Å²) in [5, 5.41) is 4.42. The van der Waals surface area contributed by atoms with Crippen molar-refractivity contribution in [2.45, 2.75) is 51.7 Å². The Balaban J connectivity index is 2.16. The summed E-state index contributed by atoms with van der Waals surface area (Å²) < 4.78 is 0. The molecule has 1 fully saturated rings. The van der Waals surface area contributed by atoms with Crippen LogP contribution in [0, 0.1) is 0 Å². The van der Waals surface area contributed by atoms with Gasteiger partial charge < -0.3 is 5.32 Å². The highest BCUT2D eigenvalue weighted by Crippen LogP contribution is 2.27. The summed E-state index contributed by atoms with van der Waals surface area (Å²) in [6.45, 7) is 9.87. The summed E-state index contributed by atoms with van der Waals surface area (Å²) in [7, 11) is 0. The number of nitrogens with one attached hydrogen (secondary N) is 1. The lowest BCUT2D eigenvalue weighted by atomic mass is 9.91. The smallest absolute Gasteiger partial charge is 0.0634 e. The Kier molecular flexibility index (Phi) is 4.82. The third-order valence-corrected chi connectivity index (χ3v) is 4.79. The lowest BCUT2D eigenvalue weighted by Gasteiger charge is -2.48. The molecule has 106 valence electrons. The fraction of sp³-hybridized carbons (Fsp3) is 0.667. The van der Waals surface area contributed by atoms with Gasteiger partial charge in [0.2, 0.25) is 0 Å². The number of halogens is 1. The van der Waals surface area contributed by atoms with E-state index in [9.17, 15) is 0 Å². The van der Waals surface area contributed by atoms with Crippen LogP contribution in [0.2, 0.25) is 5.02 Å². The molecule has 4 heteroatoms. The van der Waals surface area contributed by atoms with E-state index in [0.717, 1.165) is 31.1 Å². The standard InChI is InChI=1S/C15H24ClN3/c1-4-13-10-19(15(3,5-2)11-18-13)9-12-6-7-17-8-14(12)16/h6-8,13,18H,4-5,9-11H2,1-3H3. The van der Waals surface area contributed by atoms with Gasteiger partial charge >= 0.3 is 0 Å². The van der Waals surface area contributed by atoms with Gasteiger partial charge in [-0.05, 0) is 31.4 Å². The van der Waals surface area contributed by atoms with Crippen LogP contribution < -0.4 is 5.32 Å². The molecule has 2 unspecified atom stereocenters. The van der Waals surface area contributed by atoms with Crippen molar-refractivity contribution in [2.24, 2.45) is 0 Å². The van der Waals surface area contributed by atoms with Crippen LogP contribution in [-0.4, -0.2) is 34.6 Å². The van der Waals surface area contributed by atoms with Crippen molar-refractivity contribution in [1.29, 1.82) is 0 Å². The minimum absolute atomic E-state index is 0.207. The van der Waals surface area contributed by atoms with E-state index in [1.54, 1.807) is 6.20 Å². The molecule has 19 heavy (non-hydrogen) atoms. The summed E-state index contributed by atoms with van der Waals surface area (Å²) >= 11 is 6.25. The summed E-state index contributed by atoms with van der Waals surface area (Å²) in [4.78, 5) is 6.63. The first-order valence-corrected chi connectivity index (χ1v) is 7.53. The fourth-order valence-electron chi connectivity index (χ4n) is 2.64. The maximum atomic E-state index is 6.25. The summed E-state index contributed by atoms with van der Waals surface area (Å²) in [5.74, 6) is 0. The molecule has 1 aromatic rings. The van der Waals surface area contributed by atoms with Crippen molar-refractivity contribution < 1.29 is 0 Å². The predicted molar refractivity (Wildman–Crippen MR) is 80.4 cm³/mol. The Morgan fingerprint density at radius 1 is 1.53 bits per heavy atom. The van der Waals surface area contributed by atoms with Crippen LogP contribution in [-0.2, 0) is 6.54 Å². The normalized spacial score (nSPS) is 28.5. The van der Waals surface area contributed by atoms with E-state index >= 15 is 0 Å². The maximum absolute atomic E-state index is 6.25. The second-order valence-corrected chi connectivity index (χ2v) is 6.09. The molecule has 2 atom stereocenters. The number of nitrogens with zero attached hydrogens (tertiary/aromatic N) is 2. The van der Waals surface area contributed by atoms with E-state index in [1.807, 2.05) is 12.3 Å². The van der Waals surface area contributed by atoms with E-state index in [0.29, 0.717) is 6.04 Å². The zero-order valence-corrected chi connectivity index (χ0v) is 12.9. The Morgan fingerprint density at radius 3 is 2.95 bits per heavy atom. The van der Waals surface area contributed by atoms with Crippen molar-refractivity contribution in [1.82, 2.24) is 15.2 Å². The van der Waals surface area contributed by atoms with Gasteiger partial charge in [-0.25, -0.2) is 0 Å². The molecule has 1 N–H and O–H groups in total. The SMILES string of the molecule is CCC1CN(Cc2ccncc2Cl)C(C)(CC)CN1. The van der Waals surface area contributed by atoms with Crippen LogP contribution in [0.25, 0.3) is 0 Å². The maximum Gasteiger partial charge on any atom is 0.0634 e. The predicted octanol–water partition coefficient (Wildman–Crippen LogP) is 3.09. The quantitative estimate of drug-likeness (QED) is 0.919. The average Bonchev–Trinajstić information content (AvgIpc) is 2.43. The van der Waals surface area contributed by atoms with Gasteiger partial charge in [0.15, 0.2) is 0 Å². The zero-order valence-electron chi connectivity index (χ0n) is 12.1. The number of aromatic nitrogens is 1. The molecule has 1 aliphatic heterocycles. The summed E-state index contributed by atoms with van der Waals surface area (Å²) in [5.41, 5.74) is 1.38. The molecule has 1 aromatic heterocycles. The molecule has 2 rings (SSSR count). The Hall–Kier alpha value is -0.640. The van der Waals surface area contributed by atoms with Gasteiger partial charge in [-0.3, -0.25) is 9.88 Å². The minimum atomic E-state index is 0.207. The lowest BCUT2D eigenvalue weighted by Crippen LogP contribution is -2.62. The van der Waals surface area contributed by atoms with Crippen LogP contribution in [0.5, 0.6) is 0 Å². The minimum Gasteiger partial charge on any atom is -0.311 e. The topological polar surface area (TPSA) is 28.2 Å². The zero-order chi connectivity index (χ0) is 13.9. The first-order valence-electron chi connectivity index (χ1n) is 7.16. The molecule has 1 aliphatic rings. The molecule has 0 amide bonds. The highest BCUT2D eigenvalue weighted by Gasteiger charge is 2.35. The van der Waals surface area contributed by atoms with Gasteiger partial charge in [-0.1, -0.05) is 25.4 Å². The number of pyridine rings is 1. The van der Waals surface area contributed by atoms with Gasteiger partial charge in [0.05, 0.1) is 5.02 Å². The van der Waals surface area contributed by atoms with Crippen LogP contribution >= 0.6 is 11.6 Å². The third kappa shape index (κ3) is 3.28. The van der Waals surface area contributed by atoms with E-state index in [2.05, 4.69) is 36.0 Å². The van der Waals surface area contributed by atoms with Crippen LogP contribution in [0.3, 0.4) is 0 Å². The third-order valence-electron chi connectivity index (χ3n) is 4.45. The molecule has 0 saturated carbocycles. The van der Waals surface area contributed by atoms with Crippen molar-refractivity contribution in [2.75, 3.05) is 13.1 Å². The van der Waals surface area contributed by atoms with Crippen molar-refractivity contribution >= 4 is 11.6 Å². The molecule has 0 aliphatic carbocycles. The molecule has 1 saturated heterocycles. The van der Waals surface area contributed by atoms with E-state index in [1.165, 1.54) is 12.0 Å². The van der Waals surface area contributed by atoms with Gasteiger partial charge in [0.25, 0.3) is 0 Å². The summed E-state index contributed by atoms with van der Waals surface area (Å²) in [6.07, 6.45) is 5.86. The van der Waals surface area contributed by atoms with E-state index in [4.69, 9.17) is 11.6 Å². The average molecular weight is 282 g/mol. The molecular weight excluding hydrogens is 258 g/mol. The summed E-state index contributed by atoms with van der Waals surface area (Å²) in [6, 6.07) is 2.61. The van der Waals surface area contributed by atoms with Crippen LogP contribution in [0.15, 0.2) is 18.5 Å². The highest BCUT2D eigenvalue weighted by molar-refractivity contribution is 6.31. The monoisotopic (exact) mass is 281 g/mol. The Morgan fingerprint density at radius 2 is 2.32 bits per heavy atom. The van der Waals surface area contributed by atoms with E-state index < -0.39 is 0 Å². The highest BCUT2D eigenvalue weighted by atomic mass is 35.5. The van der Waals surface area contributed by atoms with E-state index in [-0.39, 0.29) is 5.54 Å². The number of hydrogen-bond donors (Lipinski definition) is 1. The van der Waals surface area contributed by atoms with Gasteiger partial charge in [-0.15, -0.1) is 0 Å². The largest absolute Gasteiger partial charge is 0.311 e. The first kappa shape index (κ1) is 14.8. The lowest BCUT2D eigenvalue weighted by molar-refractivity contribution is 0.0408. The molecule has 0 radical (unpaired) electrons. The molecular formula is C15H24ClN3. The number of piperazine rings is 1. The second kappa shape index (κ2) is 6.21. The van der Waals surface area contributed by atoms with Crippen molar-refractivity contribution in [3.8, 4) is 0 Å². The van der Waals surface area contributed by atoms with Crippen molar-refractivity contribution in [3.63, 3.8) is 0 Å². The molecule has 2 heterocycles. The van der Waals surface area contributed by atoms with Gasteiger partial charge in [-0.2, -0.15) is 0 Å². The Labute approximate surface area is 121 Å². The number of hydrogen-bond acceptors (Lipinski definition) is 3. The molecule has 3 nitrogen and oxygen atoms in total.